The van der Waals surface area contributed by atoms with Gasteiger partial charge in [-0.25, -0.2) is 0 Å². The second-order valence-electron chi connectivity index (χ2n) is 5.75. The van der Waals surface area contributed by atoms with Crippen molar-refractivity contribution in [2.75, 3.05) is 5.32 Å². The molecule has 0 aliphatic heterocycles. The molecule has 0 amide bonds. The highest BCUT2D eigenvalue weighted by molar-refractivity contribution is 5.45. The van der Waals surface area contributed by atoms with Gasteiger partial charge in [-0.1, -0.05) is 55.3 Å². The van der Waals surface area contributed by atoms with E-state index in [9.17, 15) is 0 Å². The Morgan fingerprint density at radius 1 is 0.857 bits per heavy atom. The first-order chi connectivity index (χ1) is 10.4. The van der Waals surface area contributed by atoms with Gasteiger partial charge in [0.2, 0.25) is 0 Å². The van der Waals surface area contributed by atoms with E-state index in [4.69, 9.17) is 4.74 Å². The van der Waals surface area contributed by atoms with E-state index in [-0.39, 0.29) is 0 Å². The summed E-state index contributed by atoms with van der Waals surface area (Å²) in [5.41, 5.74) is 3.71. The lowest BCUT2D eigenvalue weighted by atomic mass is 10.2. The van der Waals surface area contributed by atoms with Gasteiger partial charge in [0.05, 0.1) is 12.7 Å². The van der Waals surface area contributed by atoms with E-state index in [1.807, 2.05) is 6.07 Å². The molecule has 0 heterocycles. The fourth-order valence-electron chi connectivity index (χ4n) is 2.79. The average molecular weight is 281 g/mol. The molecule has 3 rings (SSSR count). The summed E-state index contributed by atoms with van der Waals surface area (Å²) in [6, 6.07) is 19.0. The van der Waals surface area contributed by atoms with Gasteiger partial charge in [-0.15, -0.1) is 0 Å². The van der Waals surface area contributed by atoms with Crippen LogP contribution in [-0.4, -0.2) is 6.10 Å². The number of nitrogens with one attached hydrogen (secondary N) is 1. The summed E-state index contributed by atoms with van der Waals surface area (Å²) in [6.45, 7) is 1.60. The van der Waals surface area contributed by atoms with Gasteiger partial charge in [0.1, 0.15) is 0 Å². The molecule has 1 aliphatic rings. The predicted octanol–water partition coefficient (Wildman–Crippen LogP) is 4.76. The Morgan fingerprint density at radius 2 is 1.57 bits per heavy atom. The third-order valence-corrected chi connectivity index (χ3v) is 4.08. The van der Waals surface area contributed by atoms with Gasteiger partial charge >= 0.3 is 0 Å². The Kier molecular flexibility index (Phi) is 4.90. The molecule has 2 nitrogen and oxygen atoms in total. The molecule has 21 heavy (non-hydrogen) atoms. The minimum Gasteiger partial charge on any atom is -0.381 e. The lowest BCUT2D eigenvalue weighted by Gasteiger charge is -2.12. The van der Waals surface area contributed by atoms with E-state index in [1.54, 1.807) is 0 Å². The lowest BCUT2D eigenvalue weighted by Crippen LogP contribution is -2.07. The fourth-order valence-corrected chi connectivity index (χ4v) is 2.79. The SMILES string of the molecule is c1ccc(CNc2ccc(COC3CCCC3)cc2)cc1. The van der Waals surface area contributed by atoms with Crippen molar-refractivity contribution in [2.45, 2.75) is 44.9 Å². The van der Waals surface area contributed by atoms with Crippen LogP contribution in [0.4, 0.5) is 5.69 Å². The monoisotopic (exact) mass is 281 g/mol. The first-order valence-corrected chi connectivity index (χ1v) is 7.88. The van der Waals surface area contributed by atoms with E-state index in [1.165, 1.54) is 36.8 Å². The molecule has 0 bridgehead atoms. The molecule has 2 aromatic rings. The van der Waals surface area contributed by atoms with Gasteiger partial charge in [0, 0.05) is 12.2 Å². The highest BCUT2D eigenvalue weighted by Gasteiger charge is 2.14. The summed E-state index contributed by atoms with van der Waals surface area (Å²) in [7, 11) is 0. The van der Waals surface area contributed by atoms with Crippen LogP contribution in [0.1, 0.15) is 36.8 Å². The van der Waals surface area contributed by atoms with Crippen LogP contribution in [0.25, 0.3) is 0 Å². The molecule has 1 fully saturated rings. The predicted molar refractivity (Wildman–Crippen MR) is 87.3 cm³/mol. The molecule has 2 aromatic carbocycles. The Hall–Kier alpha value is -1.80. The number of hydrogen-bond acceptors (Lipinski definition) is 2. The minimum atomic E-state index is 0.487. The van der Waals surface area contributed by atoms with E-state index in [0.717, 1.165) is 18.8 Å². The van der Waals surface area contributed by atoms with Crippen LogP contribution < -0.4 is 5.32 Å². The summed E-state index contributed by atoms with van der Waals surface area (Å²) in [4.78, 5) is 0. The van der Waals surface area contributed by atoms with Crippen LogP contribution in [0.2, 0.25) is 0 Å². The molecule has 0 spiro atoms. The molecule has 1 saturated carbocycles. The highest BCUT2D eigenvalue weighted by atomic mass is 16.5. The summed E-state index contributed by atoms with van der Waals surface area (Å²) < 4.78 is 5.94. The molecule has 110 valence electrons. The largest absolute Gasteiger partial charge is 0.381 e. The van der Waals surface area contributed by atoms with Crippen LogP contribution in [0.5, 0.6) is 0 Å². The van der Waals surface area contributed by atoms with E-state index >= 15 is 0 Å². The van der Waals surface area contributed by atoms with Crippen LogP contribution in [-0.2, 0) is 17.9 Å². The zero-order valence-corrected chi connectivity index (χ0v) is 12.4. The van der Waals surface area contributed by atoms with Gasteiger partial charge in [0.15, 0.2) is 0 Å². The van der Waals surface area contributed by atoms with Gasteiger partial charge in [-0.3, -0.25) is 0 Å². The Morgan fingerprint density at radius 3 is 2.29 bits per heavy atom. The lowest BCUT2D eigenvalue weighted by molar-refractivity contribution is 0.0457. The van der Waals surface area contributed by atoms with Gasteiger partial charge in [0.25, 0.3) is 0 Å². The van der Waals surface area contributed by atoms with Crippen molar-refractivity contribution >= 4 is 5.69 Å². The fraction of sp³-hybridized carbons (Fsp3) is 0.368. The van der Waals surface area contributed by atoms with Crippen molar-refractivity contribution in [3.05, 3.63) is 65.7 Å². The van der Waals surface area contributed by atoms with Gasteiger partial charge in [-0.05, 0) is 36.1 Å². The van der Waals surface area contributed by atoms with Gasteiger partial charge < -0.3 is 10.1 Å². The standard InChI is InChI=1S/C19H23NO/c1-2-6-16(7-3-1)14-20-18-12-10-17(11-13-18)15-21-19-8-4-5-9-19/h1-3,6-7,10-13,19-20H,4-5,8-9,14-15H2. The summed E-state index contributed by atoms with van der Waals surface area (Å²) in [6.07, 6.45) is 5.61. The number of hydrogen-bond donors (Lipinski definition) is 1. The quantitative estimate of drug-likeness (QED) is 0.824. The zero-order chi connectivity index (χ0) is 14.3. The van der Waals surface area contributed by atoms with Crippen molar-refractivity contribution in [1.82, 2.24) is 0 Å². The maximum absolute atomic E-state index is 5.94. The molecule has 0 atom stereocenters. The molecule has 0 saturated heterocycles. The molecule has 0 unspecified atom stereocenters. The number of rotatable bonds is 6. The number of anilines is 1. The molecule has 1 N–H and O–H groups in total. The minimum absolute atomic E-state index is 0.487. The van der Waals surface area contributed by atoms with Crippen molar-refractivity contribution in [3.63, 3.8) is 0 Å². The number of ether oxygens (including phenoxy) is 1. The first-order valence-electron chi connectivity index (χ1n) is 7.88. The average Bonchev–Trinajstić information content (AvgIpc) is 3.06. The van der Waals surface area contributed by atoms with E-state index in [2.05, 4.69) is 53.8 Å². The Bertz CT molecular complexity index is 529. The second-order valence-corrected chi connectivity index (χ2v) is 5.75. The smallest absolute Gasteiger partial charge is 0.0720 e. The van der Waals surface area contributed by atoms with Crippen molar-refractivity contribution in [1.29, 1.82) is 0 Å². The Balaban J connectivity index is 1.47. The molecular weight excluding hydrogens is 258 g/mol. The van der Waals surface area contributed by atoms with Crippen LogP contribution in [0.15, 0.2) is 54.6 Å². The maximum atomic E-state index is 5.94. The molecule has 0 aromatic heterocycles. The third kappa shape index (κ3) is 4.33. The van der Waals surface area contributed by atoms with E-state index < -0.39 is 0 Å². The molecule has 2 heteroatoms. The second kappa shape index (κ2) is 7.28. The summed E-state index contributed by atoms with van der Waals surface area (Å²) >= 11 is 0. The number of benzene rings is 2. The van der Waals surface area contributed by atoms with Crippen LogP contribution >= 0.6 is 0 Å². The van der Waals surface area contributed by atoms with Crippen molar-refractivity contribution < 1.29 is 4.74 Å². The van der Waals surface area contributed by atoms with Crippen molar-refractivity contribution in [2.24, 2.45) is 0 Å². The first kappa shape index (κ1) is 14.2. The molecular formula is C19H23NO. The maximum Gasteiger partial charge on any atom is 0.0720 e. The van der Waals surface area contributed by atoms with Crippen LogP contribution in [0, 0.1) is 0 Å². The van der Waals surface area contributed by atoms with Crippen LogP contribution in [0.3, 0.4) is 0 Å². The summed E-state index contributed by atoms with van der Waals surface area (Å²) in [5, 5.41) is 3.44. The normalized spacial score (nSPS) is 15.2. The highest BCUT2D eigenvalue weighted by Crippen LogP contribution is 2.22. The van der Waals surface area contributed by atoms with Crippen molar-refractivity contribution in [3.8, 4) is 0 Å². The Labute approximate surface area is 127 Å². The van der Waals surface area contributed by atoms with E-state index in [0.29, 0.717) is 6.10 Å². The molecule has 0 radical (unpaired) electrons. The zero-order valence-electron chi connectivity index (χ0n) is 12.4. The van der Waals surface area contributed by atoms with Gasteiger partial charge in [-0.2, -0.15) is 0 Å². The third-order valence-electron chi connectivity index (χ3n) is 4.08. The topological polar surface area (TPSA) is 21.3 Å². The molecule has 1 aliphatic carbocycles. The summed E-state index contributed by atoms with van der Waals surface area (Å²) in [5.74, 6) is 0.